The molecule has 5 nitrogen and oxygen atoms in total. The molecule has 0 bridgehead atoms. The minimum Gasteiger partial charge on any atom is -0.357 e. The maximum absolute atomic E-state index is 4.64. The quantitative estimate of drug-likeness (QED) is 0.394. The zero-order chi connectivity index (χ0) is 16.5. The molecule has 0 saturated heterocycles. The number of hydrogen-bond donors (Lipinski definition) is 2. The lowest BCUT2D eigenvalue weighted by molar-refractivity contribution is 0.624. The maximum Gasteiger partial charge on any atom is 0.191 e. The summed E-state index contributed by atoms with van der Waals surface area (Å²) in [6, 6.07) is 10.6. The summed E-state index contributed by atoms with van der Waals surface area (Å²) in [6.07, 6.45) is 5.94. The van der Waals surface area contributed by atoms with E-state index in [2.05, 4.69) is 47.7 Å². The Labute approximate surface area is 162 Å². The molecule has 132 valence electrons. The van der Waals surface area contributed by atoms with Crippen molar-refractivity contribution >= 4 is 29.9 Å². The predicted octanol–water partition coefficient (Wildman–Crippen LogP) is 3.39. The van der Waals surface area contributed by atoms with Crippen molar-refractivity contribution in [1.82, 2.24) is 20.4 Å². The first-order valence-electron chi connectivity index (χ1n) is 8.36. The second kappa shape index (κ2) is 11.1. The van der Waals surface area contributed by atoms with E-state index in [0.29, 0.717) is 6.04 Å². The Morgan fingerprint density at radius 3 is 2.67 bits per heavy atom. The largest absolute Gasteiger partial charge is 0.357 e. The summed E-state index contributed by atoms with van der Waals surface area (Å²) in [5.74, 6) is 0.886. The predicted molar refractivity (Wildman–Crippen MR) is 112 cm³/mol. The van der Waals surface area contributed by atoms with E-state index < -0.39 is 0 Å². The summed E-state index contributed by atoms with van der Waals surface area (Å²) in [5.41, 5.74) is 2.27. The molecular weight excluding hydrogens is 413 g/mol. The van der Waals surface area contributed by atoms with Crippen molar-refractivity contribution in [3.05, 3.63) is 48.3 Å². The molecule has 6 heteroatoms. The third-order valence-corrected chi connectivity index (χ3v) is 3.67. The third kappa shape index (κ3) is 6.51. The van der Waals surface area contributed by atoms with Gasteiger partial charge in [0, 0.05) is 25.3 Å². The van der Waals surface area contributed by atoms with E-state index in [1.54, 1.807) is 0 Å². The van der Waals surface area contributed by atoms with E-state index in [0.717, 1.165) is 37.6 Å². The van der Waals surface area contributed by atoms with E-state index in [-0.39, 0.29) is 24.0 Å². The summed E-state index contributed by atoms with van der Waals surface area (Å²) in [7, 11) is 0. The van der Waals surface area contributed by atoms with Crippen LogP contribution < -0.4 is 10.6 Å². The van der Waals surface area contributed by atoms with E-state index in [9.17, 15) is 0 Å². The van der Waals surface area contributed by atoms with Crippen LogP contribution in [0.25, 0.3) is 5.69 Å². The highest BCUT2D eigenvalue weighted by Crippen LogP contribution is 2.08. The maximum atomic E-state index is 4.64. The first-order chi connectivity index (χ1) is 11.2. The summed E-state index contributed by atoms with van der Waals surface area (Å²) >= 11 is 0. The molecule has 1 aromatic carbocycles. The van der Waals surface area contributed by atoms with Crippen molar-refractivity contribution in [2.75, 3.05) is 13.1 Å². The second-order valence-electron chi connectivity index (χ2n) is 5.59. The number of nitrogens with one attached hydrogen (secondary N) is 2. The zero-order valence-corrected chi connectivity index (χ0v) is 17.0. The lowest BCUT2D eigenvalue weighted by atomic mass is 10.2. The highest BCUT2D eigenvalue weighted by molar-refractivity contribution is 14.0. The van der Waals surface area contributed by atoms with Gasteiger partial charge in [0.25, 0.3) is 0 Å². The van der Waals surface area contributed by atoms with E-state index in [1.165, 1.54) is 5.56 Å². The third-order valence-electron chi connectivity index (χ3n) is 3.67. The smallest absolute Gasteiger partial charge is 0.191 e. The van der Waals surface area contributed by atoms with Gasteiger partial charge < -0.3 is 10.6 Å². The molecule has 2 rings (SSSR count). The van der Waals surface area contributed by atoms with Crippen molar-refractivity contribution in [2.24, 2.45) is 4.99 Å². The van der Waals surface area contributed by atoms with Gasteiger partial charge in [0.05, 0.1) is 11.9 Å². The Bertz CT molecular complexity index is 609. The molecule has 0 aliphatic rings. The minimum atomic E-state index is 0. The molecular formula is C18H28IN5. The normalized spacial score (nSPS) is 12.4. The van der Waals surface area contributed by atoms with Gasteiger partial charge in [0.2, 0.25) is 0 Å². The summed E-state index contributed by atoms with van der Waals surface area (Å²) in [5, 5.41) is 11.1. The Morgan fingerprint density at radius 2 is 2.00 bits per heavy atom. The van der Waals surface area contributed by atoms with E-state index in [1.807, 2.05) is 41.2 Å². The molecule has 1 heterocycles. The van der Waals surface area contributed by atoms with Crippen LogP contribution in [0.3, 0.4) is 0 Å². The second-order valence-corrected chi connectivity index (χ2v) is 5.59. The van der Waals surface area contributed by atoms with Crippen LogP contribution >= 0.6 is 24.0 Å². The Morgan fingerprint density at radius 1 is 1.25 bits per heavy atom. The van der Waals surface area contributed by atoms with Crippen LogP contribution in [0.15, 0.2) is 47.7 Å². The molecule has 1 unspecified atom stereocenters. The topological polar surface area (TPSA) is 54.2 Å². The molecule has 0 radical (unpaired) electrons. The van der Waals surface area contributed by atoms with Gasteiger partial charge in [-0.2, -0.15) is 5.10 Å². The van der Waals surface area contributed by atoms with Gasteiger partial charge in [-0.05, 0) is 44.4 Å². The molecule has 0 aliphatic carbocycles. The van der Waals surface area contributed by atoms with Crippen LogP contribution in [0.2, 0.25) is 0 Å². The highest BCUT2D eigenvalue weighted by Gasteiger charge is 2.03. The summed E-state index contributed by atoms with van der Waals surface area (Å²) in [4.78, 5) is 4.64. The molecule has 0 saturated carbocycles. The number of aromatic nitrogens is 2. The van der Waals surface area contributed by atoms with E-state index in [4.69, 9.17) is 0 Å². The molecule has 1 atom stereocenters. The van der Waals surface area contributed by atoms with Gasteiger partial charge in [0.15, 0.2) is 5.96 Å². The minimum absolute atomic E-state index is 0. The Balaban J connectivity index is 0.00000288. The van der Waals surface area contributed by atoms with Crippen LogP contribution in [0.1, 0.15) is 32.8 Å². The number of guanidine groups is 1. The van der Waals surface area contributed by atoms with E-state index >= 15 is 0 Å². The molecule has 24 heavy (non-hydrogen) atoms. The fraction of sp³-hybridized carbons (Fsp3) is 0.444. The van der Waals surface area contributed by atoms with Crippen LogP contribution in [-0.4, -0.2) is 34.9 Å². The average Bonchev–Trinajstić information content (AvgIpc) is 3.04. The number of nitrogens with zero attached hydrogens (tertiary/aromatic N) is 3. The molecule has 2 N–H and O–H groups in total. The van der Waals surface area contributed by atoms with Gasteiger partial charge >= 0.3 is 0 Å². The molecule has 1 aromatic heterocycles. The fourth-order valence-electron chi connectivity index (χ4n) is 2.16. The van der Waals surface area contributed by atoms with Gasteiger partial charge in [-0.15, -0.1) is 24.0 Å². The molecule has 2 aromatic rings. The number of halogens is 1. The van der Waals surface area contributed by atoms with Gasteiger partial charge in [-0.25, -0.2) is 4.68 Å². The van der Waals surface area contributed by atoms with Gasteiger partial charge in [0.1, 0.15) is 0 Å². The van der Waals surface area contributed by atoms with Crippen LogP contribution in [0, 0.1) is 0 Å². The SMILES string of the molecule is CCNC(=NCCc1cnn(-c2ccccc2)c1)NC(C)CC.I. The lowest BCUT2D eigenvalue weighted by Crippen LogP contribution is -2.42. The summed E-state index contributed by atoms with van der Waals surface area (Å²) < 4.78 is 1.90. The molecule has 0 amide bonds. The molecule has 0 spiro atoms. The lowest BCUT2D eigenvalue weighted by Gasteiger charge is -2.16. The van der Waals surface area contributed by atoms with Crippen molar-refractivity contribution in [1.29, 1.82) is 0 Å². The van der Waals surface area contributed by atoms with Gasteiger partial charge in [-0.1, -0.05) is 25.1 Å². The Kier molecular flexibility index (Phi) is 9.44. The van der Waals surface area contributed by atoms with Crippen molar-refractivity contribution in [3.8, 4) is 5.69 Å². The molecule has 0 fully saturated rings. The van der Waals surface area contributed by atoms with Crippen molar-refractivity contribution in [3.63, 3.8) is 0 Å². The fourth-order valence-corrected chi connectivity index (χ4v) is 2.16. The first kappa shape index (κ1) is 20.5. The number of benzene rings is 1. The van der Waals surface area contributed by atoms with Crippen LogP contribution in [0.4, 0.5) is 0 Å². The van der Waals surface area contributed by atoms with Crippen LogP contribution in [-0.2, 0) is 6.42 Å². The van der Waals surface area contributed by atoms with Crippen molar-refractivity contribution in [2.45, 2.75) is 39.7 Å². The van der Waals surface area contributed by atoms with Crippen LogP contribution in [0.5, 0.6) is 0 Å². The zero-order valence-electron chi connectivity index (χ0n) is 14.7. The number of hydrogen-bond acceptors (Lipinski definition) is 2. The van der Waals surface area contributed by atoms with Crippen molar-refractivity contribution < 1.29 is 0 Å². The Hall–Kier alpha value is -1.57. The monoisotopic (exact) mass is 441 g/mol. The summed E-state index contributed by atoms with van der Waals surface area (Å²) in [6.45, 7) is 8.02. The number of para-hydroxylation sites is 1. The first-order valence-corrected chi connectivity index (χ1v) is 8.36. The average molecular weight is 441 g/mol. The number of rotatable bonds is 7. The molecule has 0 aliphatic heterocycles. The number of aliphatic imine (C=N–C) groups is 1. The standard InChI is InChI=1S/C18H27N5.HI/c1-4-15(3)22-18(19-5-2)20-12-11-16-13-21-23(14-16)17-9-7-6-8-10-17;/h6-10,13-15H,4-5,11-12H2,1-3H3,(H2,19,20,22);1H. The highest BCUT2D eigenvalue weighted by atomic mass is 127. The van der Waals surface area contributed by atoms with Gasteiger partial charge in [-0.3, -0.25) is 4.99 Å².